The van der Waals surface area contributed by atoms with E-state index in [1.54, 1.807) is 12.1 Å². The summed E-state index contributed by atoms with van der Waals surface area (Å²) in [5.41, 5.74) is 6.24. The van der Waals surface area contributed by atoms with Gasteiger partial charge in [-0.15, -0.1) is 0 Å². The summed E-state index contributed by atoms with van der Waals surface area (Å²) in [5, 5.41) is 0. The third-order valence-electron chi connectivity index (χ3n) is 2.66. The van der Waals surface area contributed by atoms with Gasteiger partial charge in [-0.25, -0.2) is 0 Å². The van der Waals surface area contributed by atoms with Crippen molar-refractivity contribution >= 4 is 0 Å². The second-order valence-corrected chi connectivity index (χ2v) is 4.18. The molecule has 1 aromatic carbocycles. The fraction of sp³-hybridized carbons (Fsp3) is 0.538. The second-order valence-electron chi connectivity index (χ2n) is 4.18. The zero-order valence-electron chi connectivity index (χ0n) is 10.3. The summed E-state index contributed by atoms with van der Waals surface area (Å²) in [6.07, 6.45) is -2.32. The first-order valence-electron chi connectivity index (χ1n) is 5.96. The number of rotatable bonds is 6. The van der Waals surface area contributed by atoms with Crippen LogP contribution in [0.5, 0.6) is 5.75 Å². The highest BCUT2D eigenvalue weighted by atomic mass is 19.4. The normalized spacial score (nSPS) is 13.4. The second kappa shape index (κ2) is 6.64. The average molecular weight is 261 g/mol. The molecule has 0 spiro atoms. The van der Waals surface area contributed by atoms with Crippen molar-refractivity contribution in [1.82, 2.24) is 0 Å². The number of nitrogens with two attached hydrogens (primary N) is 1. The highest BCUT2D eigenvalue weighted by Crippen LogP contribution is 2.26. The van der Waals surface area contributed by atoms with Gasteiger partial charge in [-0.05, 0) is 24.1 Å². The molecule has 1 atom stereocenters. The van der Waals surface area contributed by atoms with E-state index in [2.05, 4.69) is 6.92 Å². The van der Waals surface area contributed by atoms with Gasteiger partial charge in [-0.2, -0.15) is 13.2 Å². The van der Waals surface area contributed by atoms with Gasteiger partial charge in [-0.1, -0.05) is 25.5 Å². The minimum atomic E-state index is -4.31. The molecule has 0 amide bonds. The van der Waals surface area contributed by atoms with Crippen molar-refractivity contribution in [3.8, 4) is 5.75 Å². The van der Waals surface area contributed by atoms with Gasteiger partial charge in [0.1, 0.15) is 18.3 Å². The molecule has 102 valence electrons. The molecule has 0 aromatic heterocycles. The van der Waals surface area contributed by atoms with Crippen LogP contribution in [0.3, 0.4) is 0 Å². The molecule has 0 bridgehead atoms. The zero-order chi connectivity index (χ0) is 13.6. The van der Waals surface area contributed by atoms with Gasteiger partial charge in [0.05, 0.1) is 0 Å². The molecule has 0 heterocycles. The summed E-state index contributed by atoms with van der Waals surface area (Å²) >= 11 is 0. The molecule has 0 aliphatic carbocycles. The largest absolute Gasteiger partial charge is 0.493 e. The number of benzene rings is 1. The van der Waals surface area contributed by atoms with E-state index in [4.69, 9.17) is 10.5 Å². The van der Waals surface area contributed by atoms with Gasteiger partial charge in [0, 0.05) is 6.54 Å². The lowest BCUT2D eigenvalue weighted by molar-refractivity contribution is -0.178. The Labute approximate surface area is 105 Å². The van der Waals surface area contributed by atoms with Crippen molar-refractivity contribution in [2.45, 2.75) is 25.9 Å². The highest BCUT2D eigenvalue weighted by Gasteiger charge is 2.39. The van der Waals surface area contributed by atoms with Gasteiger partial charge in [-0.3, -0.25) is 0 Å². The Morgan fingerprint density at radius 3 is 2.28 bits per heavy atom. The minimum Gasteiger partial charge on any atom is -0.493 e. The molecule has 0 aliphatic rings. The smallest absolute Gasteiger partial charge is 0.396 e. The molecule has 0 saturated carbocycles. The summed E-state index contributed by atoms with van der Waals surface area (Å²) in [5.74, 6) is -1.18. The van der Waals surface area contributed by atoms with Crippen molar-refractivity contribution in [3.63, 3.8) is 0 Å². The van der Waals surface area contributed by atoms with Crippen LogP contribution in [-0.4, -0.2) is 19.3 Å². The molecule has 1 rings (SSSR count). The first-order chi connectivity index (χ1) is 8.47. The summed E-state index contributed by atoms with van der Waals surface area (Å²) in [7, 11) is 0. The van der Waals surface area contributed by atoms with Crippen LogP contribution < -0.4 is 10.5 Å². The lowest BCUT2D eigenvalue weighted by Crippen LogP contribution is -2.35. The Balaban J connectivity index is 2.52. The molecule has 2 N–H and O–H groups in total. The van der Waals surface area contributed by atoms with Crippen LogP contribution in [0.4, 0.5) is 13.2 Å². The van der Waals surface area contributed by atoms with Crippen LogP contribution in [0.1, 0.15) is 18.9 Å². The monoisotopic (exact) mass is 261 g/mol. The van der Waals surface area contributed by atoms with Crippen molar-refractivity contribution in [1.29, 1.82) is 0 Å². The molecular formula is C13H18F3NO. The molecule has 5 heteroatoms. The average Bonchev–Trinajstić information content (AvgIpc) is 2.30. The van der Waals surface area contributed by atoms with Crippen molar-refractivity contribution in [2.75, 3.05) is 13.2 Å². The van der Waals surface area contributed by atoms with E-state index in [0.717, 1.165) is 18.4 Å². The standard InChI is InChI=1S/C13H18F3NO/c1-2-3-10-4-6-12(7-5-10)18-9-11(8-17)13(14,15)16/h4-7,11H,2-3,8-9,17H2,1H3. The molecule has 1 aromatic rings. The lowest BCUT2D eigenvalue weighted by Gasteiger charge is -2.18. The van der Waals surface area contributed by atoms with Gasteiger partial charge in [0.25, 0.3) is 0 Å². The van der Waals surface area contributed by atoms with Crippen molar-refractivity contribution in [2.24, 2.45) is 11.7 Å². The first-order valence-corrected chi connectivity index (χ1v) is 5.96. The fourth-order valence-electron chi connectivity index (χ4n) is 1.53. The summed E-state index contributed by atoms with van der Waals surface area (Å²) in [6, 6.07) is 7.11. The predicted octanol–water partition coefficient (Wildman–Crippen LogP) is 3.16. The maximum Gasteiger partial charge on any atom is 0.396 e. The third-order valence-corrected chi connectivity index (χ3v) is 2.66. The van der Waals surface area contributed by atoms with Gasteiger partial charge >= 0.3 is 6.18 Å². The summed E-state index contributed by atoms with van der Waals surface area (Å²) < 4.78 is 42.4. The number of aryl methyl sites for hydroxylation is 1. The summed E-state index contributed by atoms with van der Waals surface area (Å²) in [6.45, 7) is 1.17. The van der Waals surface area contributed by atoms with Gasteiger partial charge in [0.15, 0.2) is 0 Å². The van der Waals surface area contributed by atoms with E-state index in [0.29, 0.717) is 5.75 Å². The maximum absolute atomic E-state index is 12.4. The molecule has 1 unspecified atom stereocenters. The van der Waals surface area contributed by atoms with E-state index in [1.807, 2.05) is 12.1 Å². The maximum atomic E-state index is 12.4. The number of hydrogen-bond acceptors (Lipinski definition) is 2. The Morgan fingerprint density at radius 1 is 1.22 bits per heavy atom. The van der Waals surface area contributed by atoms with Crippen LogP contribution in [0.25, 0.3) is 0 Å². The summed E-state index contributed by atoms with van der Waals surface area (Å²) in [4.78, 5) is 0. The first kappa shape index (κ1) is 14.8. The Hall–Kier alpha value is -1.23. The lowest BCUT2D eigenvalue weighted by atomic mass is 10.1. The van der Waals surface area contributed by atoms with Crippen molar-refractivity contribution in [3.05, 3.63) is 29.8 Å². The van der Waals surface area contributed by atoms with Crippen LogP contribution >= 0.6 is 0 Å². The Bertz CT molecular complexity index is 348. The highest BCUT2D eigenvalue weighted by molar-refractivity contribution is 5.27. The van der Waals surface area contributed by atoms with E-state index < -0.39 is 25.2 Å². The van der Waals surface area contributed by atoms with Crippen LogP contribution in [0.2, 0.25) is 0 Å². The Morgan fingerprint density at radius 2 is 1.83 bits per heavy atom. The van der Waals surface area contributed by atoms with Crippen LogP contribution in [0.15, 0.2) is 24.3 Å². The quantitative estimate of drug-likeness (QED) is 0.853. The number of alkyl halides is 3. The third kappa shape index (κ3) is 4.56. The molecule has 2 nitrogen and oxygen atoms in total. The van der Waals surface area contributed by atoms with Crippen LogP contribution in [0, 0.1) is 5.92 Å². The SMILES string of the molecule is CCCc1ccc(OCC(CN)C(F)(F)F)cc1. The van der Waals surface area contributed by atoms with E-state index in [9.17, 15) is 13.2 Å². The van der Waals surface area contributed by atoms with Gasteiger partial charge < -0.3 is 10.5 Å². The van der Waals surface area contributed by atoms with Crippen LogP contribution in [-0.2, 0) is 6.42 Å². The zero-order valence-corrected chi connectivity index (χ0v) is 10.3. The molecule has 18 heavy (non-hydrogen) atoms. The van der Waals surface area contributed by atoms with E-state index in [-0.39, 0.29) is 0 Å². The fourth-order valence-corrected chi connectivity index (χ4v) is 1.53. The van der Waals surface area contributed by atoms with E-state index in [1.165, 1.54) is 0 Å². The number of hydrogen-bond donors (Lipinski definition) is 1. The minimum absolute atomic E-state index is 0.437. The topological polar surface area (TPSA) is 35.2 Å². The van der Waals surface area contributed by atoms with E-state index >= 15 is 0 Å². The van der Waals surface area contributed by atoms with Crippen molar-refractivity contribution < 1.29 is 17.9 Å². The molecular weight excluding hydrogens is 243 g/mol. The number of ether oxygens (including phenoxy) is 1. The predicted molar refractivity (Wildman–Crippen MR) is 64.5 cm³/mol. The van der Waals surface area contributed by atoms with Gasteiger partial charge in [0.2, 0.25) is 0 Å². The molecule has 0 aliphatic heterocycles. The number of halogens is 3. The Kier molecular flexibility index (Phi) is 5.47. The molecule has 0 fully saturated rings. The molecule has 0 saturated heterocycles. The molecule has 0 radical (unpaired) electrons.